The van der Waals surface area contributed by atoms with Gasteiger partial charge in [-0.05, 0) is 18.1 Å². The van der Waals surface area contributed by atoms with Gasteiger partial charge in [0.15, 0.2) is 0 Å². The van der Waals surface area contributed by atoms with Crippen molar-refractivity contribution >= 4 is 0 Å². The number of rotatable bonds is 5. The molecule has 0 N–H and O–H groups in total. The summed E-state index contributed by atoms with van der Waals surface area (Å²) in [6.45, 7) is 12.1. The molecule has 1 unspecified atom stereocenters. The van der Waals surface area contributed by atoms with Crippen molar-refractivity contribution in [2.24, 2.45) is 0 Å². The smallest absolute Gasteiger partial charge is 0.260 e. The molecule has 62 valence electrons. The fourth-order valence-corrected chi connectivity index (χ4v) is 0.425. The van der Waals surface area contributed by atoms with Gasteiger partial charge in [0.05, 0.1) is 0 Å². The minimum absolute atomic E-state index is 0.229. The Labute approximate surface area is 66.9 Å². The summed E-state index contributed by atoms with van der Waals surface area (Å²) in [5.41, 5.74) is 0.410. The predicted octanol–water partition coefficient (Wildman–Crippen LogP) is 2.96. The normalized spacial score (nSPS) is 11.8. The number of halogens is 1. The van der Waals surface area contributed by atoms with E-state index in [1.54, 1.807) is 0 Å². The summed E-state index contributed by atoms with van der Waals surface area (Å²) >= 11 is 0. The van der Waals surface area contributed by atoms with Crippen LogP contribution in [-0.4, -0.2) is 6.36 Å². The van der Waals surface area contributed by atoms with Gasteiger partial charge in [0.25, 0.3) is 6.36 Å². The predicted molar refractivity (Wildman–Crippen MR) is 44.7 cm³/mol. The number of hydrogen-bond donors (Lipinski definition) is 0. The van der Waals surface area contributed by atoms with Gasteiger partial charge in [-0.15, -0.1) is 0 Å². The molecule has 0 aliphatic rings. The first kappa shape index (κ1) is 9.95. The van der Waals surface area contributed by atoms with E-state index in [1.807, 2.05) is 6.92 Å². The van der Waals surface area contributed by atoms with Gasteiger partial charge >= 0.3 is 0 Å². The van der Waals surface area contributed by atoms with Crippen LogP contribution in [0.3, 0.4) is 0 Å². The van der Waals surface area contributed by atoms with E-state index in [9.17, 15) is 4.39 Å². The molecule has 2 heteroatoms. The Morgan fingerprint density at radius 2 is 2.18 bits per heavy atom. The van der Waals surface area contributed by atoms with E-state index in [4.69, 9.17) is 0 Å². The van der Waals surface area contributed by atoms with Gasteiger partial charge in [0.2, 0.25) is 0 Å². The van der Waals surface area contributed by atoms with Crippen LogP contribution in [0.5, 0.6) is 0 Å². The van der Waals surface area contributed by atoms with Crippen LogP contribution in [0, 0.1) is 0 Å². The number of hydrogen-bond acceptors (Lipinski definition) is 1. The molecule has 0 radical (unpaired) electrons. The summed E-state index contributed by atoms with van der Waals surface area (Å²) in [4.78, 5) is 0. The highest BCUT2D eigenvalue weighted by atomic mass is 19.1. The van der Waals surface area contributed by atoms with Crippen LogP contribution in [0.15, 0.2) is 37.1 Å². The molecule has 11 heavy (non-hydrogen) atoms. The molecule has 0 spiro atoms. The molecule has 0 aromatic heterocycles. The molecule has 0 aromatic carbocycles. The van der Waals surface area contributed by atoms with Gasteiger partial charge in [0.1, 0.15) is 5.76 Å². The van der Waals surface area contributed by atoms with Crippen LogP contribution in [0.25, 0.3) is 0 Å². The Kier molecular flexibility index (Phi) is 4.27. The van der Waals surface area contributed by atoms with Crippen molar-refractivity contribution in [3.8, 4) is 0 Å². The molecule has 1 atom stereocenters. The summed E-state index contributed by atoms with van der Waals surface area (Å²) in [6.07, 6.45) is 0.465. The first-order chi connectivity index (χ1) is 5.11. The minimum Gasteiger partial charge on any atom is -0.457 e. The first-order valence-electron chi connectivity index (χ1n) is 3.41. The van der Waals surface area contributed by atoms with Gasteiger partial charge in [-0.25, -0.2) is 0 Å². The highest BCUT2D eigenvalue weighted by molar-refractivity contribution is 5.06. The van der Waals surface area contributed by atoms with Crippen LogP contribution in [-0.2, 0) is 4.74 Å². The van der Waals surface area contributed by atoms with Crippen molar-refractivity contribution in [2.75, 3.05) is 0 Å². The number of allylic oxidation sites excluding steroid dienone is 1. The zero-order valence-corrected chi connectivity index (χ0v) is 6.77. The van der Waals surface area contributed by atoms with E-state index in [2.05, 4.69) is 24.5 Å². The van der Waals surface area contributed by atoms with Crippen LogP contribution >= 0.6 is 0 Å². The Morgan fingerprint density at radius 3 is 2.55 bits per heavy atom. The van der Waals surface area contributed by atoms with Gasteiger partial charge in [-0.1, -0.05) is 26.7 Å². The standard InChI is InChI=1S/C9H13FO/c1-5-7(3)9(10)11-8(4)6-2/h6,9H,2-5H2,1H3. The van der Waals surface area contributed by atoms with Crippen molar-refractivity contribution < 1.29 is 9.13 Å². The third-order valence-corrected chi connectivity index (χ3v) is 1.26. The summed E-state index contributed by atoms with van der Waals surface area (Å²) in [6, 6.07) is 0. The summed E-state index contributed by atoms with van der Waals surface area (Å²) < 4.78 is 17.5. The molecule has 0 aromatic rings. The van der Waals surface area contributed by atoms with Gasteiger partial charge < -0.3 is 4.74 Å². The average molecular weight is 156 g/mol. The lowest BCUT2D eigenvalue weighted by atomic mass is 10.2. The Morgan fingerprint density at radius 1 is 1.64 bits per heavy atom. The largest absolute Gasteiger partial charge is 0.457 e. The van der Waals surface area contributed by atoms with Crippen molar-refractivity contribution in [2.45, 2.75) is 19.7 Å². The zero-order valence-electron chi connectivity index (χ0n) is 6.77. The highest BCUT2D eigenvalue weighted by Gasteiger charge is 2.09. The summed E-state index contributed by atoms with van der Waals surface area (Å²) in [5.74, 6) is 0.229. The molecular weight excluding hydrogens is 143 g/mol. The molecule has 0 aliphatic carbocycles. The first-order valence-corrected chi connectivity index (χ1v) is 3.41. The van der Waals surface area contributed by atoms with Crippen molar-refractivity contribution in [3.05, 3.63) is 37.1 Å². The van der Waals surface area contributed by atoms with E-state index in [0.29, 0.717) is 12.0 Å². The number of alkyl halides is 1. The lowest BCUT2D eigenvalue weighted by Crippen LogP contribution is -2.06. The molecule has 0 rings (SSSR count). The lowest BCUT2D eigenvalue weighted by molar-refractivity contribution is 0.0420. The minimum atomic E-state index is -1.45. The van der Waals surface area contributed by atoms with Gasteiger partial charge in [0, 0.05) is 0 Å². The van der Waals surface area contributed by atoms with Gasteiger partial charge in [-0.3, -0.25) is 0 Å². The van der Waals surface area contributed by atoms with Crippen LogP contribution in [0.2, 0.25) is 0 Å². The van der Waals surface area contributed by atoms with E-state index >= 15 is 0 Å². The van der Waals surface area contributed by atoms with Crippen molar-refractivity contribution in [3.63, 3.8) is 0 Å². The second kappa shape index (κ2) is 4.72. The third kappa shape index (κ3) is 3.61. The molecule has 0 aliphatic heterocycles. The molecule has 0 heterocycles. The van der Waals surface area contributed by atoms with E-state index in [0.717, 1.165) is 0 Å². The maximum atomic E-state index is 12.8. The molecule has 1 nitrogen and oxygen atoms in total. The van der Waals surface area contributed by atoms with Gasteiger partial charge in [-0.2, -0.15) is 4.39 Å². The molecule has 0 saturated heterocycles. The van der Waals surface area contributed by atoms with E-state index < -0.39 is 6.36 Å². The lowest BCUT2D eigenvalue weighted by Gasteiger charge is -2.11. The Hall–Kier alpha value is -1.05. The van der Waals surface area contributed by atoms with Crippen molar-refractivity contribution in [1.82, 2.24) is 0 Å². The second-order valence-electron chi connectivity index (χ2n) is 2.12. The molecule has 0 bridgehead atoms. The monoisotopic (exact) mass is 156 g/mol. The van der Waals surface area contributed by atoms with E-state index in [-0.39, 0.29) is 5.76 Å². The van der Waals surface area contributed by atoms with Crippen LogP contribution in [0.4, 0.5) is 4.39 Å². The fraction of sp³-hybridized carbons (Fsp3) is 0.333. The third-order valence-electron chi connectivity index (χ3n) is 1.26. The second-order valence-corrected chi connectivity index (χ2v) is 2.12. The quantitative estimate of drug-likeness (QED) is 0.338. The highest BCUT2D eigenvalue weighted by Crippen LogP contribution is 2.13. The maximum absolute atomic E-state index is 12.8. The van der Waals surface area contributed by atoms with Crippen LogP contribution < -0.4 is 0 Å². The number of ether oxygens (including phenoxy) is 1. The molecule has 0 saturated carbocycles. The molecule has 0 amide bonds. The average Bonchev–Trinajstić information content (AvgIpc) is 2.02. The Balaban J connectivity index is 3.86. The topological polar surface area (TPSA) is 9.23 Å². The molecular formula is C9H13FO. The van der Waals surface area contributed by atoms with Crippen molar-refractivity contribution in [1.29, 1.82) is 0 Å². The summed E-state index contributed by atoms with van der Waals surface area (Å²) in [7, 11) is 0. The van der Waals surface area contributed by atoms with Crippen LogP contribution in [0.1, 0.15) is 13.3 Å². The maximum Gasteiger partial charge on any atom is 0.260 e. The Bertz CT molecular complexity index is 172. The summed E-state index contributed by atoms with van der Waals surface area (Å²) in [5, 5.41) is 0. The fourth-order valence-electron chi connectivity index (χ4n) is 0.425. The SMILES string of the molecule is C=CC(=C)OC(F)C(=C)CC. The zero-order chi connectivity index (χ0) is 8.85. The molecule has 0 fully saturated rings. The van der Waals surface area contributed by atoms with E-state index in [1.165, 1.54) is 6.08 Å².